The van der Waals surface area contributed by atoms with Crippen molar-refractivity contribution in [2.45, 2.75) is 20.3 Å². The molecule has 2 amide bonds. The fourth-order valence-corrected chi connectivity index (χ4v) is 2.10. The van der Waals surface area contributed by atoms with E-state index in [2.05, 4.69) is 0 Å². The number of thiocarbonyl (C=S) groups is 1. The predicted octanol–water partition coefficient (Wildman–Crippen LogP) is 1.52. The Morgan fingerprint density at radius 3 is 2.63 bits per heavy atom. The van der Waals surface area contributed by atoms with Crippen molar-refractivity contribution in [3.05, 3.63) is 35.4 Å². The molecule has 1 aromatic rings. The fraction of sp³-hybridized carbons (Fsp3) is 0.357. The average molecular weight is 276 g/mol. The van der Waals surface area contributed by atoms with Gasteiger partial charge in [0.2, 0.25) is 5.91 Å². The first kappa shape index (κ1) is 13.7. The normalized spacial score (nSPS) is 15.4. The first-order valence-corrected chi connectivity index (χ1v) is 6.46. The number of imide groups is 1. The number of nitrogens with two attached hydrogens (primary N) is 1. The largest absolute Gasteiger partial charge is 0.393 e. The quantitative estimate of drug-likeness (QED) is 0.671. The van der Waals surface area contributed by atoms with Crippen LogP contribution in [-0.2, 0) is 11.2 Å². The highest BCUT2D eigenvalue weighted by Gasteiger charge is 2.35. The van der Waals surface area contributed by atoms with Gasteiger partial charge in [0, 0.05) is 17.5 Å². The van der Waals surface area contributed by atoms with Crippen LogP contribution < -0.4 is 5.73 Å². The van der Waals surface area contributed by atoms with Crippen LogP contribution in [0.15, 0.2) is 24.3 Å². The van der Waals surface area contributed by atoms with Gasteiger partial charge < -0.3 is 5.73 Å². The summed E-state index contributed by atoms with van der Waals surface area (Å²) in [7, 11) is 0. The number of hydrogen-bond acceptors (Lipinski definition) is 3. The van der Waals surface area contributed by atoms with E-state index in [0.29, 0.717) is 10.6 Å². The summed E-state index contributed by atoms with van der Waals surface area (Å²) in [6, 6.07) is 7.17. The highest BCUT2D eigenvalue weighted by Crippen LogP contribution is 2.24. The molecule has 0 saturated heterocycles. The van der Waals surface area contributed by atoms with Crippen molar-refractivity contribution in [3.8, 4) is 0 Å². The van der Waals surface area contributed by atoms with Crippen molar-refractivity contribution in [2.24, 2.45) is 11.1 Å². The molecule has 19 heavy (non-hydrogen) atoms. The number of rotatable bonds is 3. The van der Waals surface area contributed by atoms with Gasteiger partial charge in [0.05, 0.1) is 11.4 Å². The zero-order valence-corrected chi connectivity index (χ0v) is 11.8. The lowest BCUT2D eigenvalue weighted by molar-refractivity contribution is -0.129. The Labute approximate surface area is 117 Å². The Kier molecular flexibility index (Phi) is 3.41. The molecule has 2 N–H and O–H groups in total. The van der Waals surface area contributed by atoms with Gasteiger partial charge in [-0.05, 0) is 11.6 Å². The summed E-state index contributed by atoms with van der Waals surface area (Å²) in [5, 5.41) is 0. The van der Waals surface area contributed by atoms with Gasteiger partial charge >= 0.3 is 0 Å². The number of hydrogen-bond donors (Lipinski definition) is 1. The van der Waals surface area contributed by atoms with E-state index in [-0.39, 0.29) is 24.8 Å². The molecular formula is C14H16N2O2S. The van der Waals surface area contributed by atoms with Gasteiger partial charge in [-0.3, -0.25) is 14.5 Å². The molecule has 0 aliphatic carbocycles. The van der Waals surface area contributed by atoms with E-state index in [1.165, 1.54) is 4.90 Å². The maximum atomic E-state index is 12.3. The average Bonchev–Trinajstić information content (AvgIpc) is 2.34. The summed E-state index contributed by atoms with van der Waals surface area (Å²) >= 11 is 4.98. The van der Waals surface area contributed by atoms with Crippen LogP contribution in [0.25, 0.3) is 0 Å². The van der Waals surface area contributed by atoms with Crippen molar-refractivity contribution in [1.29, 1.82) is 0 Å². The molecule has 0 radical (unpaired) electrons. The third kappa shape index (κ3) is 2.51. The van der Waals surface area contributed by atoms with Crippen molar-refractivity contribution >= 4 is 29.0 Å². The van der Waals surface area contributed by atoms with Gasteiger partial charge in [-0.2, -0.15) is 0 Å². The van der Waals surface area contributed by atoms with Crippen LogP contribution in [0, 0.1) is 5.41 Å². The second-order valence-corrected chi connectivity index (χ2v) is 5.81. The molecule has 0 unspecified atom stereocenters. The molecule has 0 spiro atoms. The third-order valence-electron chi connectivity index (χ3n) is 3.36. The number of carbonyl (C=O) groups is 2. The van der Waals surface area contributed by atoms with Crippen LogP contribution in [-0.4, -0.2) is 28.2 Å². The van der Waals surface area contributed by atoms with Crippen LogP contribution in [0.3, 0.4) is 0 Å². The Hall–Kier alpha value is -1.75. The molecule has 0 atom stereocenters. The summed E-state index contributed by atoms with van der Waals surface area (Å²) in [4.78, 5) is 26.0. The zero-order valence-electron chi connectivity index (χ0n) is 11.0. The minimum Gasteiger partial charge on any atom is -0.393 e. The minimum atomic E-state index is -0.563. The van der Waals surface area contributed by atoms with E-state index in [1.807, 2.05) is 19.9 Å². The van der Waals surface area contributed by atoms with E-state index >= 15 is 0 Å². The number of nitrogens with zero attached hydrogens (tertiary/aromatic N) is 1. The molecule has 2 rings (SSSR count). The fourth-order valence-electron chi connectivity index (χ4n) is 2.03. The topological polar surface area (TPSA) is 63.4 Å². The van der Waals surface area contributed by atoms with E-state index in [1.54, 1.807) is 18.2 Å². The Morgan fingerprint density at radius 1 is 1.37 bits per heavy atom. The molecule has 0 aromatic heterocycles. The van der Waals surface area contributed by atoms with Crippen LogP contribution in [0.5, 0.6) is 0 Å². The third-order valence-corrected chi connectivity index (χ3v) is 3.91. The van der Waals surface area contributed by atoms with Crippen molar-refractivity contribution < 1.29 is 9.59 Å². The second-order valence-electron chi connectivity index (χ2n) is 5.37. The molecule has 1 aliphatic heterocycles. The first-order chi connectivity index (χ1) is 8.83. The van der Waals surface area contributed by atoms with E-state index in [4.69, 9.17) is 18.0 Å². The summed E-state index contributed by atoms with van der Waals surface area (Å²) in [5.74, 6) is -0.468. The standard InChI is InChI=1S/C14H16N2O2S/c1-14(2,13(15)19)8-16-11(17)7-9-5-3-4-6-10(9)12(16)18/h3-6H,7-8H2,1-2H3,(H2,15,19). The molecule has 4 nitrogen and oxygen atoms in total. The van der Waals surface area contributed by atoms with Crippen LogP contribution in [0.4, 0.5) is 0 Å². The Bertz CT molecular complexity index is 566. The molecule has 0 fully saturated rings. The van der Waals surface area contributed by atoms with Gasteiger partial charge in [-0.1, -0.05) is 44.3 Å². The highest BCUT2D eigenvalue weighted by molar-refractivity contribution is 7.80. The lowest BCUT2D eigenvalue weighted by Crippen LogP contribution is -2.49. The molecule has 1 aromatic carbocycles. The number of fused-ring (bicyclic) bond motifs is 1. The van der Waals surface area contributed by atoms with Gasteiger partial charge in [0.1, 0.15) is 0 Å². The molecular weight excluding hydrogens is 260 g/mol. The molecule has 5 heteroatoms. The number of carbonyl (C=O) groups excluding carboxylic acids is 2. The molecule has 0 saturated carbocycles. The van der Waals surface area contributed by atoms with Crippen molar-refractivity contribution in [2.75, 3.05) is 6.54 Å². The van der Waals surface area contributed by atoms with E-state index in [9.17, 15) is 9.59 Å². The van der Waals surface area contributed by atoms with Crippen LogP contribution >= 0.6 is 12.2 Å². The number of amides is 2. The van der Waals surface area contributed by atoms with Crippen molar-refractivity contribution in [3.63, 3.8) is 0 Å². The lowest BCUT2D eigenvalue weighted by atomic mass is 9.90. The second kappa shape index (κ2) is 4.74. The summed E-state index contributed by atoms with van der Waals surface area (Å²) < 4.78 is 0. The molecule has 1 heterocycles. The molecule has 0 bridgehead atoms. The minimum absolute atomic E-state index is 0.201. The molecule has 100 valence electrons. The number of benzene rings is 1. The summed E-state index contributed by atoms with van der Waals surface area (Å²) in [6.07, 6.45) is 0.245. The lowest BCUT2D eigenvalue weighted by Gasteiger charge is -2.33. The van der Waals surface area contributed by atoms with E-state index in [0.717, 1.165) is 5.56 Å². The Balaban J connectivity index is 2.32. The monoisotopic (exact) mass is 276 g/mol. The van der Waals surface area contributed by atoms with E-state index < -0.39 is 5.41 Å². The maximum absolute atomic E-state index is 12.3. The van der Waals surface area contributed by atoms with Gasteiger partial charge in [0.25, 0.3) is 5.91 Å². The van der Waals surface area contributed by atoms with Gasteiger partial charge in [-0.25, -0.2) is 0 Å². The highest BCUT2D eigenvalue weighted by atomic mass is 32.1. The smallest absolute Gasteiger partial charge is 0.260 e. The maximum Gasteiger partial charge on any atom is 0.260 e. The van der Waals surface area contributed by atoms with Crippen LogP contribution in [0.1, 0.15) is 29.8 Å². The SMILES string of the molecule is CC(C)(CN1C(=O)Cc2ccccc2C1=O)C(N)=S. The Morgan fingerprint density at radius 2 is 2.00 bits per heavy atom. The molecule has 1 aliphatic rings. The van der Waals surface area contributed by atoms with Crippen molar-refractivity contribution in [1.82, 2.24) is 4.90 Å². The van der Waals surface area contributed by atoms with Gasteiger partial charge in [0.15, 0.2) is 0 Å². The predicted molar refractivity (Wildman–Crippen MR) is 76.8 cm³/mol. The van der Waals surface area contributed by atoms with Crippen LogP contribution in [0.2, 0.25) is 0 Å². The summed E-state index contributed by atoms with van der Waals surface area (Å²) in [5.41, 5.74) is 6.46. The zero-order chi connectivity index (χ0) is 14.2. The summed E-state index contributed by atoms with van der Waals surface area (Å²) in [6.45, 7) is 3.88. The van der Waals surface area contributed by atoms with Gasteiger partial charge in [-0.15, -0.1) is 0 Å². The first-order valence-electron chi connectivity index (χ1n) is 6.05.